The van der Waals surface area contributed by atoms with E-state index in [9.17, 15) is 0 Å². The van der Waals surface area contributed by atoms with Crippen molar-refractivity contribution < 1.29 is 9.47 Å². The van der Waals surface area contributed by atoms with Crippen LogP contribution in [0.2, 0.25) is 0 Å². The summed E-state index contributed by atoms with van der Waals surface area (Å²) >= 11 is 0. The normalized spacial score (nSPS) is 10.8. The molecular formula is C13H22N2O2. The first-order valence-electron chi connectivity index (χ1n) is 6.02. The molecule has 1 aromatic heterocycles. The van der Waals surface area contributed by atoms with Gasteiger partial charge in [0.15, 0.2) is 0 Å². The van der Waals surface area contributed by atoms with Crippen molar-refractivity contribution in [2.75, 3.05) is 20.3 Å². The van der Waals surface area contributed by atoms with Crippen molar-refractivity contribution in [1.82, 2.24) is 10.3 Å². The van der Waals surface area contributed by atoms with Crippen molar-refractivity contribution in [2.24, 2.45) is 0 Å². The molecule has 0 aliphatic rings. The van der Waals surface area contributed by atoms with Crippen LogP contribution in [0, 0.1) is 0 Å². The Morgan fingerprint density at radius 2 is 2.12 bits per heavy atom. The second-order valence-corrected chi connectivity index (χ2v) is 4.22. The topological polar surface area (TPSA) is 43.4 Å². The number of rotatable bonds is 8. The number of nitrogens with one attached hydrogen (secondary N) is 1. The highest BCUT2D eigenvalue weighted by atomic mass is 16.5. The molecule has 96 valence electrons. The van der Waals surface area contributed by atoms with Crippen LogP contribution in [-0.2, 0) is 11.3 Å². The predicted octanol–water partition coefficient (Wildman–Crippen LogP) is 1.99. The third-order valence-electron chi connectivity index (χ3n) is 2.25. The Balaban J connectivity index is 2.29. The van der Waals surface area contributed by atoms with Gasteiger partial charge in [0.25, 0.3) is 0 Å². The largest absolute Gasteiger partial charge is 0.492 e. The molecule has 17 heavy (non-hydrogen) atoms. The zero-order valence-corrected chi connectivity index (χ0v) is 10.9. The molecule has 0 aromatic carbocycles. The zero-order valence-electron chi connectivity index (χ0n) is 10.9. The summed E-state index contributed by atoms with van der Waals surface area (Å²) in [5, 5.41) is 3.32. The highest BCUT2D eigenvalue weighted by molar-refractivity contribution is 5.19. The fourth-order valence-corrected chi connectivity index (χ4v) is 1.30. The van der Waals surface area contributed by atoms with E-state index < -0.39 is 0 Å². The minimum atomic E-state index is 0.474. The summed E-state index contributed by atoms with van der Waals surface area (Å²) in [6, 6.07) is 4.42. The smallest absolute Gasteiger partial charge is 0.137 e. The summed E-state index contributed by atoms with van der Waals surface area (Å²) in [7, 11) is 1.69. The van der Waals surface area contributed by atoms with Crippen LogP contribution in [0.4, 0.5) is 0 Å². The van der Waals surface area contributed by atoms with Crippen molar-refractivity contribution in [3.63, 3.8) is 0 Å². The number of aromatic nitrogens is 1. The summed E-state index contributed by atoms with van der Waals surface area (Å²) in [5.74, 6) is 0.814. The van der Waals surface area contributed by atoms with Crippen LogP contribution >= 0.6 is 0 Å². The van der Waals surface area contributed by atoms with Crippen LogP contribution in [-0.4, -0.2) is 31.3 Å². The summed E-state index contributed by atoms with van der Waals surface area (Å²) < 4.78 is 10.5. The summed E-state index contributed by atoms with van der Waals surface area (Å²) in [6.45, 7) is 6.42. The Morgan fingerprint density at radius 3 is 2.71 bits per heavy atom. The molecule has 1 heterocycles. The van der Waals surface area contributed by atoms with Crippen LogP contribution in [0.5, 0.6) is 5.75 Å². The first-order valence-corrected chi connectivity index (χ1v) is 6.02. The average Bonchev–Trinajstić information content (AvgIpc) is 2.33. The van der Waals surface area contributed by atoms with E-state index in [0.29, 0.717) is 12.6 Å². The molecule has 0 unspecified atom stereocenters. The summed E-state index contributed by atoms with van der Waals surface area (Å²) in [6.07, 6.45) is 2.66. The highest BCUT2D eigenvalue weighted by Crippen LogP contribution is 2.09. The van der Waals surface area contributed by atoms with Gasteiger partial charge in [-0.05, 0) is 12.1 Å². The fraction of sp³-hybridized carbons (Fsp3) is 0.615. The van der Waals surface area contributed by atoms with Gasteiger partial charge in [-0.3, -0.25) is 4.98 Å². The second kappa shape index (κ2) is 8.03. The maximum absolute atomic E-state index is 5.53. The van der Waals surface area contributed by atoms with Crippen molar-refractivity contribution in [3.05, 3.63) is 24.0 Å². The predicted molar refractivity (Wildman–Crippen MR) is 68.2 cm³/mol. The van der Waals surface area contributed by atoms with Gasteiger partial charge in [-0.2, -0.15) is 0 Å². The molecule has 1 aromatic rings. The van der Waals surface area contributed by atoms with E-state index in [1.54, 1.807) is 13.3 Å². The minimum absolute atomic E-state index is 0.474. The monoisotopic (exact) mass is 238 g/mol. The zero-order chi connectivity index (χ0) is 12.5. The van der Waals surface area contributed by atoms with Gasteiger partial charge in [-0.1, -0.05) is 13.8 Å². The van der Waals surface area contributed by atoms with Gasteiger partial charge in [0, 0.05) is 32.7 Å². The number of nitrogens with zero attached hydrogens (tertiary/aromatic N) is 1. The maximum atomic E-state index is 5.53. The Morgan fingerprint density at radius 1 is 1.29 bits per heavy atom. The van der Waals surface area contributed by atoms with Crippen LogP contribution in [0.3, 0.4) is 0 Å². The molecule has 0 amide bonds. The molecule has 0 atom stereocenters. The maximum Gasteiger partial charge on any atom is 0.137 e. The molecule has 4 heteroatoms. The lowest BCUT2D eigenvalue weighted by Gasteiger charge is -2.08. The van der Waals surface area contributed by atoms with E-state index in [0.717, 1.165) is 31.0 Å². The summed E-state index contributed by atoms with van der Waals surface area (Å²) in [4.78, 5) is 4.33. The average molecular weight is 238 g/mol. The first-order chi connectivity index (χ1) is 8.22. The molecule has 0 saturated carbocycles. The van der Waals surface area contributed by atoms with Crippen molar-refractivity contribution >= 4 is 0 Å². The molecule has 0 fully saturated rings. The lowest BCUT2D eigenvalue weighted by Crippen LogP contribution is -2.22. The minimum Gasteiger partial charge on any atom is -0.492 e. The molecule has 0 radical (unpaired) electrons. The Hall–Kier alpha value is -1.13. The third-order valence-corrected chi connectivity index (χ3v) is 2.25. The number of ether oxygens (including phenoxy) is 2. The van der Waals surface area contributed by atoms with E-state index in [1.807, 2.05) is 12.1 Å². The molecule has 4 nitrogen and oxygen atoms in total. The first kappa shape index (κ1) is 13.9. The molecule has 0 saturated heterocycles. The van der Waals surface area contributed by atoms with Gasteiger partial charge in [0.05, 0.1) is 18.5 Å². The molecular weight excluding hydrogens is 216 g/mol. The molecule has 0 spiro atoms. The van der Waals surface area contributed by atoms with Crippen molar-refractivity contribution in [2.45, 2.75) is 32.9 Å². The number of pyridine rings is 1. The summed E-state index contributed by atoms with van der Waals surface area (Å²) in [5.41, 5.74) is 1.03. The van der Waals surface area contributed by atoms with E-state index in [-0.39, 0.29) is 0 Å². The van der Waals surface area contributed by atoms with E-state index in [1.165, 1.54) is 0 Å². The Bertz CT molecular complexity index is 299. The van der Waals surface area contributed by atoms with Gasteiger partial charge in [0.2, 0.25) is 0 Å². The molecule has 1 rings (SSSR count). The van der Waals surface area contributed by atoms with E-state index >= 15 is 0 Å². The number of hydrogen-bond acceptors (Lipinski definition) is 4. The second-order valence-electron chi connectivity index (χ2n) is 4.22. The molecule has 0 aliphatic carbocycles. The van der Waals surface area contributed by atoms with Crippen LogP contribution in [0.15, 0.2) is 18.3 Å². The van der Waals surface area contributed by atoms with Crippen molar-refractivity contribution in [1.29, 1.82) is 0 Å². The van der Waals surface area contributed by atoms with Gasteiger partial charge in [-0.25, -0.2) is 0 Å². The van der Waals surface area contributed by atoms with Gasteiger partial charge >= 0.3 is 0 Å². The van der Waals surface area contributed by atoms with Gasteiger partial charge in [0.1, 0.15) is 5.75 Å². The molecule has 1 N–H and O–H groups in total. The van der Waals surface area contributed by atoms with Gasteiger partial charge < -0.3 is 14.8 Å². The number of methoxy groups -OCH3 is 1. The fourth-order valence-electron chi connectivity index (χ4n) is 1.30. The lowest BCUT2D eigenvalue weighted by atomic mass is 10.3. The van der Waals surface area contributed by atoms with E-state index in [4.69, 9.17) is 9.47 Å². The van der Waals surface area contributed by atoms with Crippen LogP contribution in [0.1, 0.15) is 26.0 Å². The molecule has 0 aliphatic heterocycles. The SMILES string of the molecule is COCCCOc1ccc(CNC(C)C)nc1. The van der Waals surface area contributed by atoms with Gasteiger partial charge in [-0.15, -0.1) is 0 Å². The van der Waals surface area contributed by atoms with E-state index in [2.05, 4.69) is 24.1 Å². The quantitative estimate of drug-likeness (QED) is 0.703. The standard InChI is InChI=1S/C13H22N2O2/c1-11(2)14-9-12-5-6-13(10-15-12)17-8-4-7-16-3/h5-6,10-11,14H,4,7-9H2,1-3H3. The third kappa shape index (κ3) is 6.24. The van der Waals surface area contributed by atoms with Crippen LogP contribution < -0.4 is 10.1 Å². The van der Waals surface area contributed by atoms with Crippen LogP contribution in [0.25, 0.3) is 0 Å². The van der Waals surface area contributed by atoms with Crippen molar-refractivity contribution in [3.8, 4) is 5.75 Å². The highest BCUT2D eigenvalue weighted by Gasteiger charge is 1.98. The Labute approximate surface area is 103 Å². The molecule has 0 bridgehead atoms. The lowest BCUT2D eigenvalue weighted by molar-refractivity contribution is 0.172. The Kier molecular flexibility index (Phi) is 6.58. The number of hydrogen-bond donors (Lipinski definition) is 1.